The number of rotatable bonds is 7. The van der Waals surface area contributed by atoms with Crippen molar-refractivity contribution in [1.29, 1.82) is 0 Å². The zero-order valence-corrected chi connectivity index (χ0v) is 20.2. The van der Waals surface area contributed by atoms with Gasteiger partial charge >= 0.3 is 6.18 Å². The molecule has 0 spiro atoms. The van der Waals surface area contributed by atoms with Gasteiger partial charge in [0.25, 0.3) is 0 Å². The number of hydrogen-bond acceptors (Lipinski definition) is 3. The summed E-state index contributed by atoms with van der Waals surface area (Å²) in [6.07, 6.45) is -4.73. The lowest BCUT2D eigenvalue weighted by Crippen LogP contribution is -2.37. The maximum Gasteiger partial charge on any atom is 0.417 e. The second-order valence-corrected chi connectivity index (χ2v) is 10.2. The smallest absolute Gasteiger partial charge is 0.325 e. The lowest BCUT2D eigenvalue weighted by molar-refractivity contribution is -0.137. The van der Waals surface area contributed by atoms with E-state index in [2.05, 4.69) is 5.32 Å². The molecule has 34 heavy (non-hydrogen) atoms. The molecule has 0 fully saturated rings. The molecule has 0 saturated heterocycles. The standard InChI is InChI=1S/C22H16Cl3F3N2O3S/c23-18-9-7-15(11-17(18)22(26,27)28)29-21(31)13-30(12-14-6-8-19(24)20(25)10-14)34(32,33)16-4-2-1-3-5-16/h1-11H,12-13H2,(H,29,31). The number of amides is 1. The summed E-state index contributed by atoms with van der Waals surface area (Å²) in [5.41, 5.74) is -0.864. The maximum atomic E-state index is 13.2. The quantitative estimate of drug-likeness (QED) is 0.365. The lowest BCUT2D eigenvalue weighted by atomic mass is 10.2. The van der Waals surface area contributed by atoms with Crippen molar-refractivity contribution >= 4 is 56.4 Å². The lowest BCUT2D eigenvalue weighted by Gasteiger charge is -2.22. The van der Waals surface area contributed by atoms with E-state index in [-0.39, 0.29) is 27.2 Å². The van der Waals surface area contributed by atoms with E-state index in [1.165, 1.54) is 42.5 Å². The van der Waals surface area contributed by atoms with E-state index in [1.807, 2.05) is 0 Å². The summed E-state index contributed by atoms with van der Waals surface area (Å²) in [6.45, 7) is -0.919. The van der Waals surface area contributed by atoms with E-state index >= 15 is 0 Å². The predicted octanol–water partition coefficient (Wildman–Crippen LogP) is 6.50. The zero-order chi connectivity index (χ0) is 25.1. The van der Waals surface area contributed by atoms with Crippen LogP contribution in [0.25, 0.3) is 0 Å². The van der Waals surface area contributed by atoms with Gasteiger partial charge in [-0.25, -0.2) is 8.42 Å². The Morgan fingerprint density at radius 2 is 1.53 bits per heavy atom. The van der Waals surface area contributed by atoms with Crippen LogP contribution in [0.2, 0.25) is 15.1 Å². The average molecular weight is 552 g/mol. The van der Waals surface area contributed by atoms with E-state index in [0.29, 0.717) is 11.6 Å². The molecular formula is C22H16Cl3F3N2O3S. The summed E-state index contributed by atoms with van der Waals surface area (Å²) >= 11 is 17.5. The van der Waals surface area contributed by atoms with Crippen LogP contribution in [0.5, 0.6) is 0 Å². The topological polar surface area (TPSA) is 66.5 Å². The molecule has 0 bridgehead atoms. The number of anilines is 1. The van der Waals surface area contributed by atoms with Gasteiger partial charge in [-0.2, -0.15) is 17.5 Å². The fourth-order valence-electron chi connectivity index (χ4n) is 2.99. The molecule has 0 aromatic heterocycles. The van der Waals surface area contributed by atoms with E-state index in [9.17, 15) is 26.4 Å². The zero-order valence-electron chi connectivity index (χ0n) is 17.1. The van der Waals surface area contributed by atoms with Crippen LogP contribution in [-0.2, 0) is 27.5 Å². The van der Waals surface area contributed by atoms with E-state index in [4.69, 9.17) is 34.8 Å². The minimum absolute atomic E-state index is 0.0614. The van der Waals surface area contributed by atoms with Gasteiger partial charge in [0.1, 0.15) is 0 Å². The van der Waals surface area contributed by atoms with Gasteiger partial charge in [-0.3, -0.25) is 4.79 Å². The van der Waals surface area contributed by atoms with Crippen LogP contribution in [0.1, 0.15) is 11.1 Å². The number of hydrogen-bond donors (Lipinski definition) is 1. The molecule has 180 valence electrons. The first-order chi connectivity index (χ1) is 15.9. The summed E-state index contributed by atoms with van der Waals surface area (Å²) in [5.74, 6) is -0.852. The fourth-order valence-corrected chi connectivity index (χ4v) is 4.94. The van der Waals surface area contributed by atoms with Crippen molar-refractivity contribution in [2.45, 2.75) is 17.6 Å². The molecule has 0 radical (unpaired) electrons. The number of benzene rings is 3. The monoisotopic (exact) mass is 550 g/mol. The summed E-state index contributed by atoms with van der Waals surface area (Å²) in [7, 11) is -4.15. The van der Waals surface area contributed by atoms with E-state index < -0.39 is 39.2 Å². The number of carbonyl (C=O) groups excluding carboxylic acids is 1. The molecule has 0 aliphatic heterocycles. The van der Waals surface area contributed by atoms with Crippen LogP contribution in [0.4, 0.5) is 18.9 Å². The van der Waals surface area contributed by atoms with Gasteiger partial charge in [0.15, 0.2) is 0 Å². The van der Waals surface area contributed by atoms with Crippen LogP contribution >= 0.6 is 34.8 Å². The van der Waals surface area contributed by atoms with E-state index in [0.717, 1.165) is 10.4 Å². The van der Waals surface area contributed by atoms with Crippen molar-refractivity contribution in [3.63, 3.8) is 0 Å². The van der Waals surface area contributed by atoms with Gasteiger partial charge in [0.2, 0.25) is 15.9 Å². The van der Waals surface area contributed by atoms with Crippen molar-refractivity contribution in [1.82, 2.24) is 4.31 Å². The Hall–Kier alpha value is -2.30. The van der Waals surface area contributed by atoms with Crippen LogP contribution in [0.3, 0.4) is 0 Å². The third kappa shape index (κ3) is 6.43. The third-order valence-electron chi connectivity index (χ3n) is 4.60. The molecule has 3 aromatic carbocycles. The first kappa shape index (κ1) is 26.3. The van der Waals surface area contributed by atoms with Crippen molar-refractivity contribution in [3.8, 4) is 0 Å². The number of nitrogens with one attached hydrogen (secondary N) is 1. The Morgan fingerprint density at radius 3 is 2.15 bits per heavy atom. The van der Waals surface area contributed by atoms with Crippen molar-refractivity contribution < 1.29 is 26.4 Å². The molecule has 12 heteroatoms. The predicted molar refractivity (Wildman–Crippen MR) is 126 cm³/mol. The van der Waals surface area contributed by atoms with E-state index in [1.54, 1.807) is 12.1 Å². The highest BCUT2D eigenvalue weighted by Gasteiger charge is 2.33. The molecule has 1 N–H and O–H groups in total. The minimum Gasteiger partial charge on any atom is -0.325 e. The summed E-state index contributed by atoms with van der Waals surface area (Å²) in [5, 5.41) is 2.23. The minimum atomic E-state index is -4.73. The summed E-state index contributed by atoms with van der Waals surface area (Å²) < 4.78 is 66.7. The van der Waals surface area contributed by atoms with Crippen molar-refractivity contribution in [2.75, 3.05) is 11.9 Å². The van der Waals surface area contributed by atoms with Crippen LogP contribution < -0.4 is 5.32 Å². The first-order valence-corrected chi connectivity index (χ1v) is 12.1. The van der Waals surface area contributed by atoms with Gasteiger partial charge in [-0.1, -0.05) is 59.1 Å². The molecule has 1 amide bonds. The molecule has 0 atom stereocenters. The molecule has 5 nitrogen and oxygen atoms in total. The second-order valence-electron chi connectivity index (χ2n) is 7.08. The largest absolute Gasteiger partial charge is 0.417 e. The van der Waals surface area contributed by atoms with Crippen molar-refractivity contribution in [3.05, 3.63) is 92.9 Å². The Labute approximate surface area is 209 Å². The van der Waals surface area contributed by atoms with Crippen LogP contribution in [0.15, 0.2) is 71.6 Å². The fraction of sp³-hybridized carbons (Fsp3) is 0.136. The van der Waals surface area contributed by atoms with Gasteiger partial charge in [0.05, 0.1) is 32.1 Å². The highest BCUT2D eigenvalue weighted by Crippen LogP contribution is 2.36. The Bertz CT molecular complexity index is 1300. The molecule has 3 aromatic rings. The first-order valence-electron chi connectivity index (χ1n) is 9.53. The molecule has 0 saturated carbocycles. The number of nitrogens with zero attached hydrogens (tertiary/aromatic N) is 1. The molecule has 3 rings (SSSR count). The number of alkyl halides is 3. The average Bonchev–Trinajstić information content (AvgIpc) is 2.77. The van der Waals surface area contributed by atoms with Crippen molar-refractivity contribution in [2.24, 2.45) is 0 Å². The van der Waals surface area contributed by atoms with Gasteiger partial charge < -0.3 is 5.32 Å². The van der Waals surface area contributed by atoms with Crippen LogP contribution in [-0.4, -0.2) is 25.2 Å². The Morgan fingerprint density at radius 1 is 0.882 bits per heavy atom. The van der Waals surface area contributed by atoms with Crippen LogP contribution in [0, 0.1) is 0 Å². The number of halogens is 6. The number of sulfonamides is 1. The molecule has 0 unspecified atom stereocenters. The van der Waals surface area contributed by atoms with Gasteiger partial charge in [0, 0.05) is 12.2 Å². The van der Waals surface area contributed by atoms with Gasteiger partial charge in [-0.05, 0) is 48.0 Å². The Kier molecular flexibility index (Phi) is 8.15. The Balaban J connectivity index is 1.89. The highest BCUT2D eigenvalue weighted by molar-refractivity contribution is 7.89. The second kappa shape index (κ2) is 10.5. The summed E-state index contributed by atoms with van der Waals surface area (Å²) in [6, 6.07) is 14.8. The SMILES string of the molecule is O=C(CN(Cc1ccc(Cl)c(Cl)c1)S(=O)(=O)c1ccccc1)Nc1ccc(Cl)c(C(F)(F)F)c1. The summed E-state index contributed by atoms with van der Waals surface area (Å²) in [4.78, 5) is 12.6. The molecule has 0 aliphatic rings. The maximum absolute atomic E-state index is 13.2. The normalized spacial score (nSPS) is 12.1. The number of carbonyl (C=O) groups is 1. The highest BCUT2D eigenvalue weighted by atomic mass is 35.5. The van der Waals surface area contributed by atoms with Gasteiger partial charge in [-0.15, -0.1) is 0 Å². The molecule has 0 heterocycles. The molecular weight excluding hydrogens is 536 g/mol. The molecule has 0 aliphatic carbocycles. The third-order valence-corrected chi connectivity index (χ3v) is 7.47.